The largest absolute Gasteiger partial charge is 0.457 e. The molecule has 31 heavy (non-hydrogen) atoms. The van der Waals surface area contributed by atoms with Crippen LogP contribution in [0.25, 0.3) is 11.0 Å². The molecule has 2 amide bonds. The molecule has 0 atom stereocenters. The highest BCUT2D eigenvalue weighted by Gasteiger charge is 2.14. The third-order valence-electron chi connectivity index (χ3n) is 4.47. The van der Waals surface area contributed by atoms with E-state index in [1.54, 1.807) is 6.07 Å². The zero-order valence-electron chi connectivity index (χ0n) is 17.4. The molecule has 160 valence electrons. The Balaban J connectivity index is 1.87. The van der Waals surface area contributed by atoms with Crippen LogP contribution in [-0.2, 0) is 27.4 Å². The van der Waals surface area contributed by atoms with Gasteiger partial charge in [-0.1, -0.05) is 19.1 Å². The molecule has 0 spiro atoms. The first-order valence-corrected chi connectivity index (χ1v) is 9.68. The minimum absolute atomic E-state index is 0.135. The summed E-state index contributed by atoms with van der Waals surface area (Å²) in [5.74, 6) is -1.33. The van der Waals surface area contributed by atoms with Crippen molar-refractivity contribution in [3.8, 4) is 0 Å². The Labute approximate surface area is 178 Å². The summed E-state index contributed by atoms with van der Waals surface area (Å²) >= 11 is 0. The van der Waals surface area contributed by atoms with Gasteiger partial charge in [-0.2, -0.15) is 0 Å². The number of aryl methyl sites for hydroxylation is 1. The predicted octanol–water partition coefficient (Wildman–Crippen LogP) is 3.63. The average molecular weight is 422 g/mol. The highest BCUT2D eigenvalue weighted by Crippen LogP contribution is 2.23. The number of hydrogen-bond donors (Lipinski definition) is 2. The van der Waals surface area contributed by atoms with Gasteiger partial charge in [0.05, 0.1) is 5.56 Å². The van der Waals surface area contributed by atoms with Gasteiger partial charge in [0.2, 0.25) is 11.8 Å². The van der Waals surface area contributed by atoms with E-state index in [0.717, 1.165) is 12.0 Å². The Bertz CT molecular complexity index is 1190. The maximum absolute atomic E-state index is 12.7. The summed E-state index contributed by atoms with van der Waals surface area (Å²) in [6, 6.07) is 11.2. The molecule has 3 rings (SSSR count). The lowest BCUT2D eigenvalue weighted by Gasteiger charge is -2.11. The minimum Gasteiger partial charge on any atom is -0.457 e. The molecule has 2 aromatic carbocycles. The molecule has 0 saturated heterocycles. The van der Waals surface area contributed by atoms with Crippen LogP contribution in [0, 0.1) is 0 Å². The molecule has 0 aliphatic carbocycles. The molecule has 1 aromatic heterocycles. The second kappa shape index (κ2) is 9.25. The lowest BCUT2D eigenvalue weighted by Crippen LogP contribution is -2.12. The van der Waals surface area contributed by atoms with Crippen molar-refractivity contribution < 1.29 is 23.5 Å². The monoisotopic (exact) mass is 422 g/mol. The summed E-state index contributed by atoms with van der Waals surface area (Å²) in [4.78, 5) is 47.4. The third-order valence-corrected chi connectivity index (χ3v) is 4.47. The van der Waals surface area contributed by atoms with Gasteiger partial charge in [-0.15, -0.1) is 0 Å². The van der Waals surface area contributed by atoms with Crippen LogP contribution >= 0.6 is 0 Å². The molecule has 0 bridgehead atoms. The number of fused-ring (bicyclic) bond motifs is 1. The van der Waals surface area contributed by atoms with Crippen molar-refractivity contribution in [1.82, 2.24) is 0 Å². The number of hydrogen-bond acceptors (Lipinski definition) is 6. The number of rotatable bonds is 6. The van der Waals surface area contributed by atoms with Crippen molar-refractivity contribution in [2.75, 3.05) is 10.6 Å². The molecule has 2 N–H and O–H groups in total. The number of benzene rings is 2. The summed E-state index contributed by atoms with van der Waals surface area (Å²) < 4.78 is 10.7. The van der Waals surface area contributed by atoms with E-state index in [4.69, 9.17) is 9.15 Å². The van der Waals surface area contributed by atoms with Crippen LogP contribution in [-0.4, -0.2) is 17.8 Å². The topological polar surface area (TPSA) is 115 Å². The first-order chi connectivity index (χ1) is 14.7. The number of esters is 1. The Morgan fingerprint density at radius 2 is 1.58 bits per heavy atom. The molecular weight excluding hydrogens is 400 g/mol. The van der Waals surface area contributed by atoms with Gasteiger partial charge in [0.1, 0.15) is 12.2 Å². The standard InChI is InChI=1S/C23H22N2O6/c1-4-15-5-6-20-17(10-22(28)31-21(20)7-15)12-30-23(29)16-8-18(24-13(2)26)11-19(9-16)25-14(3)27/h5-11H,4,12H2,1-3H3,(H,24,26)(H,25,27). The fraction of sp³-hybridized carbons (Fsp3) is 0.217. The molecule has 8 nitrogen and oxygen atoms in total. The van der Waals surface area contributed by atoms with Crippen LogP contribution in [0.1, 0.15) is 42.3 Å². The van der Waals surface area contributed by atoms with Gasteiger partial charge < -0.3 is 19.8 Å². The Hall–Kier alpha value is -3.94. The van der Waals surface area contributed by atoms with E-state index in [1.807, 2.05) is 19.1 Å². The number of amides is 2. The molecule has 0 aliphatic rings. The second-order valence-electron chi connectivity index (χ2n) is 7.01. The number of carbonyl (C=O) groups excluding carboxylic acids is 3. The Morgan fingerprint density at radius 1 is 0.935 bits per heavy atom. The highest BCUT2D eigenvalue weighted by atomic mass is 16.5. The fourth-order valence-electron chi connectivity index (χ4n) is 3.14. The van der Waals surface area contributed by atoms with Gasteiger partial charge in [0, 0.05) is 42.2 Å². The molecule has 0 unspecified atom stereocenters. The van der Waals surface area contributed by atoms with Crippen molar-refractivity contribution >= 4 is 40.1 Å². The van der Waals surface area contributed by atoms with Crippen LogP contribution in [0.2, 0.25) is 0 Å². The molecule has 1 heterocycles. The first-order valence-electron chi connectivity index (χ1n) is 9.68. The van der Waals surface area contributed by atoms with Crippen molar-refractivity contribution in [3.63, 3.8) is 0 Å². The lowest BCUT2D eigenvalue weighted by atomic mass is 10.1. The Morgan fingerprint density at radius 3 is 2.16 bits per heavy atom. The van der Waals surface area contributed by atoms with Crippen LogP contribution in [0.15, 0.2) is 51.7 Å². The fourth-order valence-corrected chi connectivity index (χ4v) is 3.14. The van der Waals surface area contributed by atoms with E-state index < -0.39 is 11.6 Å². The van der Waals surface area contributed by atoms with Crippen molar-refractivity contribution in [3.05, 3.63) is 69.6 Å². The maximum Gasteiger partial charge on any atom is 0.338 e. The molecular formula is C23H22N2O6. The smallest absolute Gasteiger partial charge is 0.338 e. The normalized spacial score (nSPS) is 10.5. The van der Waals surface area contributed by atoms with Gasteiger partial charge in [0.25, 0.3) is 0 Å². The van der Waals surface area contributed by atoms with Gasteiger partial charge in [0.15, 0.2) is 0 Å². The maximum atomic E-state index is 12.7. The van der Waals surface area contributed by atoms with Crippen molar-refractivity contribution in [2.45, 2.75) is 33.8 Å². The quantitative estimate of drug-likeness (QED) is 0.463. The number of nitrogens with one attached hydrogen (secondary N) is 2. The first kappa shape index (κ1) is 21.8. The van der Waals surface area contributed by atoms with E-state index in [9.17, 15) is 19.2 Å². The zero-order chi connectivity index (χ0) is 22.5. The summed E-state index contributed by atoms with van der Waals surface area (Å²) in [5, 5.41) is 5.83. The number of ether oxygens (including phenoxy) is 1. The van der Waals surface area contributed by atoms with Crippen molar-refractivity contribution in [2.24, 2.45) is 0 Å². The average Bonchev–Trinajstić information content (AvgIpc) is 2.69. The molecule has 0 aliphatic heterocycles. The van der Waals surface area contributed by atoms with Gasteiger partial charge in [-0.05, 0) is 36.2 Å². The molecule has 0 fully saturated rings. The third kappa shape index (κ3) is 5.57. The SMILES string of the molecule is CCc1ccc2c(COC(=O)c3cc(NC(C)=O)cc(NC(C)=O)c3)cc(=O)oc2c1. The van der Waals surface area contributed by atoms with Gasteiger partial charge in [-0.25, -0.2) is 9.59 Å². The van der Waals surface area contributed by atoms with Gasteiger partial charge >= 0.3 is 11.6 Å². The highest BCUT2D eigenvalue weighted by molar-refractivity contribution is 5.97. The summed E-state index contributed by atoms with van der Waals surface area (Å²) in [6.45, 7) is 4.51. The van der Waals surface area contributed by atoms with E-state index in [2.05, 4.69) is 10.6 Å². The molecule has 3 aromatic rings. The predicted molar refractivity (Wildman–Crippen MR) is 116 cm³/mol. The molecule has 0 saturated carbocycles. The second-order valence-corrected chi connectivity index (χ2v) is 7.01. The number of carbonyl (C=O) groups is 3. The van der Waals surface area contributed by atoms with E-state index in [1.165, 1.54) is 38.1 Å². The Kier molecular flexibility index (Phi) is 6.49. The minimum atomic E-state index is -0.676. The van der Waals surface area contributed by atoms with Crippen LogP contribution in [0.3, 0.4) is 0 Å². The zero-order valence-corrected chi connectivity index (χ0v) is 17.4. The summed E-state index contributed by atoms with van der Waals surface area (Å²) in [6.07, 6.45) is 0.792. The van der Waals surface area contributed by atoms with Crippen LogP contribution in [0.4, 0.5) is 11.4 Å². The summed E-state index contributed by atoms with van der Waals surface area (Å²) in [7, 11) is 0. The molecule has 0 radical (unpaired) electrons. The summed E-state index contributed by atoms with van der Waals surface area (Å²) in [5.41, 5.74) is 2.24. The van der Waals surface area contributed by atoms with Gasteiger partial charge in [-0.3, -0.25) is 9.59 Å². The van der Waals surface area contributed by atoms with Crippen LogP contribution < -0.4 is 16.3 Å². The van der Waals surface area contributed by atoms with E-state index in [0.29, 0.717) is 27.9 Å². The van der Waals surface area contributed by atoms with Crippen LogP contribution in [0.5, 0.6) is 0 Å². The molecule has 8 heteroatoms. The van der Waals surface area contributed by atoms with E-state index >= 15 is 0 Å². The van der Waals surface area contributed by atoms with E-state index in [-0.39, 0.29) is 24.0 Å². The lowest BCUT2D eigenvalue weighted by molar-refractivity contribution is -0.115. The van der Waals surface area contributed by atoms with Crippen molar-refractivity contribution in [1.29, 1.82) is 0 Å². The number of anilines is 2.